The number of halogens is 3. The van der Waals surface area contributed by atoms with E-state index in [9.17, 15) is 13.2 Å². The Labute approximate surface area is 129 Å². The zero-order valence-electron chi connectivity index (χ0n) is 11.6. The first-order valence-corrected chi connectivity index (χ1v) is 6.25. The molecule has 0 aliphatic heterocycles. The molecule has 23 heavy (non-hydrogen) atoms. The lowest BCUT2D eigenvalue weighted by atomic mass is 10.2. The number of hydrazone groups is 1. The van der Waals surface area contributed by atoms with Crippen LogP contribution in [0.25, 0.3) is 5.69 Å². The topological polar surface area (TPSA) is 103 Å². The second-order valence-electron chi connectivity index (χ2n) is 4.42. The van der Waals surface area contributed by atoms with E-state index in [0.29, 0.717) is 0 Å². The summed E-state index contributed by atoms with van der Waals surface area (Å²) < 4.78 is 40.5. The highest BCUT2D eigenvalue weighted by molar-refractivity contribution is 5.81. The predicted molar refractivity (Wildman–Crippen MR) is 78.1 cm³/mol. The first-order valence-electron chi connectivity index (χ1n) is 6.25. The van der Waals surface area contributed by atoms with Crippen LogP contribution in [0.15, 0.2) is 41.5 Å². The van der Waals surface area contributed by atoms with Crippen molar-refractivity contribution in [3.8, 4) is 11.8 Å². The lowest BCUT2D eigenvalue weighted by Gasteiger charge is -2.14. The number of benzene rings is 1. The molecule has 0 saturated heterocycles. The molecule has 2 aromatic rings. The minimum absolute atomic E-state index is 0.112. The number of aromatic nitrogens is 1. The van der Waals surface area contributed by atoms with Gasteiger partial charge in [-0.1, -0.05) is 6.07 Å². The molecule has 0 aliphatic rings. The molecule has 1 aromatic carbocycles. The van der Waals surface area contributed by atoms with Gasteiger partial charge in [0.2, 0.25) is 5.96 Å². The molecule has 1 heterocycles. The zero-order valence-corrected chi connectivity index (χ0v) is 11.6. The van der Waals surface area contributed by atoms with E-state index in [-0.39, 0.29) is 16.9 Å². The van der Waals surface area contributed by atoms with E-state index in [2.05, 4.69) is 10.5 Å². The van der Waals surface area contributed by atoms with E-state index in [0.717, 1.165) is 16.8 Å². The SMILES string of the molecule is N#Cc1cccc(-n2c(/C=N/NC(=N)N)ccc2C(F)(F)F)c1. The maximum absolute atomic E-state index is 13.2. The van der Waals surface area contributed by atoms with Crippen molar-refractivity contribution in [1.29, 1.82) is 10.7 Å². The molecule has 0 atom stereocenters. The molecular formula is C14H11F3N6. The highest BCUT2D eigenvalue weighted by Gasteiger charge is 2.35. The average Bonchev–Trinajstić information content (AvgIpc) is 2.91. The Morgan fingerprint density at radius 1 is 1.35 bits per heavy atom. The highest BCUT2D eigenvalue weighted by Crippen LogP contribution is 2.32. The lowest BCUT2D eigenvalue weighted by Crippen LogP contribution is -2.25. The summed E-state index contributed by atoms with van der Waals surface area (Å²) in [5.74, 6) is -0.443. The monoisotopic (exact) mass is 320 g/mol. The number of nitrogens with one attached hydrogen (secondary N) is 2. The van der Waals surface area contributed by atoms with Crippen molar-refractivity contribution in [2.45, 2.75) is 6.18 Å². The molecule has 0 spiro atoms. The minimum Gasteiger partial charge on any atom is -0.369 e. The van der Waals surface area contributed by atoms with Crippen LogP contribution in [0.3, 0.4) is 0 Å². The molecule has 2 rings (SSSR count). The quantitative estimate of drug-likeness (QED) is 0.459. The van der Waals surface area contributed by atoms with Crippen LogP contribution in [0.1, 0.15) is 17.0 Å². The number of nitrogens with zero attached hydrogens (tertiary/aromatic N) is 3. The van der Waals surface area contributed by atoms with Gasteiger partial charge < -0.3 is 10.3 Å². The van der Waals surface area contributed by atoms with Crippen molar-refractivity contribution in [3.63, 3.8) is 0 Å². The van der Waals surface area contributed by atoms with Gasteiger partial charge in [0.25, 0.3) is 0 Å². The minimum atomic E-state index is -4.58. The molecule has 0 aliphatic carbocycles. The largest absolute Gasteiger partial charge is 0.431 e. The van der Waals surface area contributed by atoms with Gasteiger partial charge in [-0.2, -0.15) is 23.5 Å². The molecular weight excluding hydrogens is 309 g/mol. The van der Waals surface area contributed by atoms with Crippen LogP contribution in [0.2, 0.25) is 0 Å². The summed E-state index contributed by atoms with van der Waals surface area (Å²) >= 11 is 0. The first-order chi connectivity index (χ1) is 10.8. The summed E-state index contributed by atoms with van der Waals surface area (Å²) in [7, 11) is 0. The van der Waals surface area contributed by atoms with Crippen molar-refractivity contribution < 1.29 is 13.2 Å². The van der Waals surface area contributed by atoms with E-state index >= 15 is 0 Å². The summed E-state index contributed by atoms with van der Waals surface area (Å²) in [6.45, 7) is 0. The van der Waals surface area contributed by atoms with Crippen LogP contribution >= 0.6 is 0 Å². The maximum Gasteiger partial charge on any atom is 0.431 e. The number of rotatable bonds is 3. The number of alkyl halides is 3. The normalized spacial score (nSPS) is 11.4. The van der Waals surface area contributed by atoms with Gasteiger partial charge in [-0.15, -0.1) is 0 Å². The van der Waals surface area contributed by atoms with E-state index < -0.39 is 17.8 Å². The van der Waals surface area contributed by atoms with Crippen LogP contribution in [-0.4, -0.2) is 16.7 Å². The molecule has 0 radical (unpaired) electrons. The molecule has 9 heteroatoms. The van der Waals surface area contributed by atoms with Gasteiger partial charge in [-0.05, 0) is 30.3 Å². The van der Waals surface area contributed by atoms with Crippen molar-refractivity contribution in [1.82, 2.24) is 9.99 Å². The predicted octanol–water partition coefficient (Wildman–Crippen LogP) is 2.18. The second kappa shape index (κ2) is 6.23. The maximum atomic E-state index is 13.2. The third-order valence-corrected chi connectivity index (χ3v) is 2.82. The highest BCUT2D eigenvalue weighted by atomic mass is 19.4. The molecule has 0 amide bonds. The van der Waals surface area contributed by atoms with Crippen molar-refractivity contribution >= 4 is 12.2 Å². The van der Waals surface area contributed by atoms with Crippen molar-refractivity contribution in [3.05, 3.63) is 53.3 Å². The molecule has 0 unspecified atom stereocenters. The van der Waals surface area contributed by atoms with Crippen LogP contribution < -0.4 is 11.2 Å². The summed E-state index contributed by atoms with van der Waals surface area (Å²) in [5, 5.41) is 19.5. The number of nitriles is 1. The van der Waals surface area contributed by atoms with Crippen LogP contribution in [0, 0.1) is 16.7 Å². The smallest absolute Gasteiger partial charge is 0.369 e. The molecule has 118 valence electrons. The molecule has 4 N–H and O–H groups in total. The third kappa shape index (κ3) is 3.68. The Balaban J connectivity index is 2.57. The molecule has 1 aromatic heterocycles. The van der Waals surface area contributed by atoms with Crippen LogP contribution in [-0.2, 0) is 6.18 Å². The van der Waals surface area contributed by atoms with Gasteiger partial charge in [0.05, 0.1) is 23.5 Å². The lowest BCUT2D eigenvalue weighted by molar-refractivity contribution is -0.142. The second-order valence-corrected chi connectivity index (χ2v) is 4.42. The third-order valence-electron chi connectivity index (χ3n) is 2.82. The van der Waals surface area contributed by atoms with Gasteiger partial charge in [0, 0.05) is 5.69 Å². The number of nitrogens with two attached hydrogens (primary N) is 1. The molecule has 0 fully saturated rings. The Morgan fingerprint density at radius 2 is 2.09 bits per heavy atom. The van der Waals surface area contributed by atoms with Gasteiger partial charge in [-0.25, -0.2) is 5.43 Å². The Bertz CT molecular complexity index is 798. The first kappa shape index (κ1) is 16.1. The van der Waals surface area contributed by atoms with Crippen LogP contribution in [0.4, 0.5) is 13.2 Å². The Morgan fingerprint density at radius 3 is 2.70 bits per heavy atom. The summed E-state index contributed by atoms with van der Waals surface area (Å²) in [6.07, 6.45) is -3.47. The molecule has 6 nitrogen and oxygen atoms in total. The summed E-state index contributed by atoms with van der Waals surface area (Å²) in [6, 6.07) is 9.79. The molecule has 0 bridgehead atoms. The van der Waals surface area contributed by atoms with Gasteiger partial charge >= 0.3 is 6.18 Å². The van der Waals surface area contributed by atoms with E-state index in [4.69, 9.17) is 16.4 Å². The zero-order chi connectivity index (χ0) is 17.0. The number of hydrogen-bond donors (Lipinski definition) is 3. The van der Waals surface area contributed by atoms with Crippen LogP contribution in [0.5, 0.6) is 0 Å². The number of hydrogen-bond acceptors (Lipinski definition) is 3. The van der Waals surface area contributed by atoms with Crippen molar-refractivity contribution in [2.24, 2.45) is 10.8 Å². The Hall–Kier alpha value is -3.28. The van der Waals surface area contributed by atoms with E-state index in [1.54, 1.807) is 0 Å². The Kier molecular flexibility index (Phi) is 4.36. The van der Waals surface area contributed by atoms with E-state index in [1.165, 1.54) is 30.3 Å². The van der Waals surface area contributed by atoms with Gasteiger partial charge in [0.1, 0.15) is 5.69 Å². The van der Waals surface area contributed by atoms with Gasteiger partial charge in [0.15, 0.2) is 0 Å². The summed E-state index contributed by atoms with van der Waals surface area (Å²) in [5.41, 5.74) is 6.79. The summed E-state index contributed by atoms with van der Waals surface area (Å²) in [4.78, 5) is 0. The average molecular weight is 320 g/mol. The van der Waals surface area contributed by atoms with Gasteiger partial charge in [-0.3, -0.25) is 5.41 Å². The van der Waals surface area contributed by atoms with Crippen molar-refractivity contribution in [2.75, 3.05) is 0 Å². The standard InChI is InChI=1S/C14H11F3N6/c15-14(16,17)12-5-4-11(8-21-22-13(19)20)23(12)10-3-1-2-9(6-10)7-18/h1-6,8H,(H4,19,20,22)/b21-8+. The fourth-order valence-electron chi connectivity index (χ4n) is 1.95. The molecule has 0 saturated carbocycles. The van der Waals surface area contributed by atoms with E-state index in [1.807, 2.05) is 6.07 Å². The fourth-order valence-corrected chi connectivity index (χ4v) is 1.95. The number of guanidine groups is 1. The fraction of sp³-hybridized carbons (Fsp3) is 0.0714.